The summed E-state index contributed by atoms with van der Waals surface area (Å²) in [5.41, 5.74) is 13.3. The number of fused-ring (bicyclic) bond motifs is 3. The number of pyridine rings is 1. The molecule has 56 heavy (non-hydrogen) atoms. The Kier molecular flexibility index (Phi) is 8.39. The van der Waals surface area contributed by atoms with Gasteiger partial charge >= 0.3 is 0 Å². The van der Waals surface area contributed by atoms with Gasteiger partial charge in [0.2, 0.25) is 0 Å². The average Bonchev–Trinajstić information content (AvgIpc) is 3.59. The van der Waals surface area contributed by atoms with Crippen molar-refractivity contribution in [2.75, 3.05) is 0 Å². The molecule has 0 bridgehead atoms. The van der Waals surface area contributed by atoms with Crippen molar-refractivity contribution >= 4 is 32.7 Å². The van der Waals surface area contributed by atoms with Crippen LogP contribution in [0.1, 0.15) is 52.7 Å². The van der Waals surface area contributed by atoms with Gasteiger partial charge in [-0.2, -0.15) is 0 Å². The maximum Gasteiger partial charge on any atom is 0.145 e. The number of para-hydroxylation sites is 1. The maximum atomic E-state index is 11.5. The Bertz CT molecular complexity index is 2940. The topological polar surface area (TPSA) is 50.9 Å². The monoisotopic (exact) mass is 727 g/mol. The first-order valence-corrected chi connectivity index (χ1v) is 19.4. The Hall–Kier alpha value is -6.52. The third kappa shape index (κ3) is 6.21. The number of aromatic hydroxyl groups is 1. The minimum absolute atomic E-state index is 0.0395. The first-order chi connectivity index (χ1) is 26.9. The van der Waals surface area contributed by atoms with Gasteiger partial charge in [0.25, 0.3) is 0 Å². The van der Waals surface area contributed by atoms with Crippen LogP contribution in [0.25, 0.3) is 83.2 Å². The molecule has 9 aromatic rings. The van der Waals surface area contributed by atoms with Gasteiger partial charge in [0.1, 0.15) is 11.6 Å². The fourth-order valence-electron chi connectivity index (χ4n) is 7.92. The molecule has 0 saturated heterocycles. The summed E-state index contributed by atoms with van der Waals surface area (Å²) in [5.74, 6) is 1.05. The number of benzene rings is 7. The zero-order valence-electron chi connectivity index (χ0n) is 32.8. The molecule has 4 heteroatoms. The van der Waals surface area contributed by atoms with Crippen molar-refractivity contribution in [3.05, 3.63) is 169 Å². The van der Waals surface area contributed by atoms with Gasteiger partial charge < -0.3 is 5.11 Å². The van der Waals surface area contributed by atoms with E-state index in [4.69, 9.17) is 9.97 Å². The molecule has 2 aromatic heterocycles. The third-order valence-electron chi connectivity index (χ3n) is 11.0. The van der Waals surface area contributed by atoms with E-state index in [0.29, 0.717) is 0 Å². The van der Waals surface area contributed by atoms with Gasteiger partial charge in [-0.3, -0.25) is 9.55 Å². The number of phenols is 1. The zero-order valence-corrected chi connectivity index (χ0v) is 32.8. The van der Waals surface area contributed by atoms with Crippen LogP contribution in [-0.2, 0) is 10.8 Å². The Morgan fingerprint density at radius 3 is 1.89 bits per heavy atom. The van der Waals surface area contributed by atoms with Crippen molar-refractivity contribution in [2.24, 2.45) is 0 Å². The number of aromatic nitrogens is 3. The van der Waals surface area contributed by atoms with Crippen LogP contribution in [0.3, 0.4) is 0 Å². The molecule has 0 unspecified atom stereocenters. The van der Waals surface area contributed by atoms with Gasteiger partial charge in [0.05, 0.1) is 22.2 Å². The molecule has 1 N–H and O–H groups in total. The second kappa shape index (κ2) is 13.3. The normalized spacial score (nSPS) is 12.2. The molecular weight excluding hydrogens is 683 g/mol. The molecule has 0 aliphatic rings. The number of imidazole rings is 1. The van der Waals surface area contributed by atoms with E-state index in [0.717, 1.165) is 83.2 Å². The summed E-state index contributed by atoms with van der Waals surface area (Å²) >= 11 is 0. The molecule has 0 spiro atoms. The molecule has 274 valence electrons. The van der Waals surface area contributed by atoms with E-state index in [9.17, 15) is 5.11 Å². The van der Waals surface area contributed by atoms with Crippen LogP contribution in [0.4, 0.5) is 0 Å². The lowest BCUT2D eigenvalue weighted by molar-refractivity contribution is 0.478. The smallest absolute Gasteiger partial charge is 0.145 e. The predicted octanol–water partition coefficient (Wildman–Crippen LogP) is 13.7. The number of nitrogens with zero attached hydrogens (tertiary/aromatic N) is 3. The second-order valence-electron chi connectivity index (χ2n) is 16.9. The van der Waals surface area contributed by atoms with Crippen molar-refractivity contribution < 1.29 is 5.11 Å². The van der Waals surface area contributed by atoms with Gasteiger partial charge in [-0.25, -0.2) is 4.98 Å². The van der Waals surface area contributed by atoms with Crippen molar-refractivity contribution in [3.63, 3.8) is 0 Å². The van der Waals surface area contributed by atoms with Gasteiger partial charge in [-0.05, 0) is 98.5 Å². The lowest BCUT2D eigenvalue weighted by Gasteiger charge is -2.23. The maximum absolute atomic E-state index is 11.5. The summed E-state index contributed by atoms with van der Waals surface area (Å²) in [6.07, 6.45) is 1.88. The highest BCUT2D eigenvalue weighted by Gasteiger charge is 2.24. The minimum atomic E-state index is -0.0462. The number of hydrogen-bond donors (Lipinski definition) is 1. The van der Waals surface area contributed by atoms with E-state index in [-0.39, 0.29) is 16.6 Å². The number of phenolic OH excluding ortho intramolecular Hbond substituents is 1. The lowest BCUT2D eigenvalue weighted by Crippen LogP contribution is -2.12. The van der Waals surface area contributed by atoms with E-state index >= 15 is 0 Å². The van der Waals surface area contributed by atoms with Crippen LogP contribution in [0, 0.1) is 0 Å². The Morgan fingerprint density at radius 1 is 0.464 bits per heavy atom. The van der Waals surface area contributed by atoms with Crippen LogP contribution >= 0.6 is 0 Å². The highest BCUT2D eigenvalue weighted by molar-refractivity contribution is 6.01. The van der Waals surface area contributed by atoms with Gasteiger partial charge in [0.15, 0.2) is 0 Å². The molecule has 2 heterocycles. The molecule has 0 radical (unpaired) electrons. The van der Waals surface area contributed by atoms with E-state index < -0.39 is 0 Å². The molecule has 0 amide bonds. The van der Waals surface area contributed by atoms with Crippen LogP contribution in [-0.4, -0.2) is 19.6 Å². The van der Waals surface area contributed by atoms with Crippen molar-refractivity contribution in [2.45, 2.75) is 52.4 Å². The largest absolute Gasteiger partial charge is 0.507 e. The highest BCUT2D eigenvalue weighted by Crippen LogP contribution is 2.43. The van der Waals surface area contributed by atoms with Gasteiger partial charge in [-0.1, -0.05) is 139 Å². The standard InChI is InChI=1S/C52H45N3O/c1-51(2,3)39-24-25-45(42(31-39)33-15-8-7-9-16-33)55-46-23-13-22-41(44-29-34-17-10-11-18-35(34)30-47(44)56)49(46)54-50(55)38-20-12-19-36(27-38)43-32-40(52(4,5)6)28-37-21-14-26-53-48(37)43/h7-32,56H,1-6H3. The van der Waals surface area contributed by atoms with Gasteiger partial charge in [-0.15, -0.1) is 0 Å². The van der Waals surface area contributed by atoms with E-state index in [1.54, 1.807) is 0 Å². The summed E-state index contributed by atoms with van der Waals surface area (Å²) in [7, 11) is 0. The molecular formula is C52H45N3O. The third-order valence-corrected chi connectivity index (χ3v) is 11.0. The molecule has 0 aliphatic carbocycles. The van der Waals surface area contributed by atoms with Crippen molar-refractivity contribution in [3.8, 4) is 56.2 Å². The number of rotatable bonds is 5. The number of hydrogen-bond acceptors (Lipinski definition) is 3. The molecule has 9 rings (SSSR count). The molecule has 0 saturated carbocycles. The Labute approximate surface area is 328 Å². The molecule has 0 atom stereocenters. The lowest BCUT2D eigenvalue weighted by atomic mass is 9.84. The average molecular weight is 728 g/mol. The highest BCUT2D eigenvalue weighted by atomic mass is 16.3. The predicted molar refractivity (Wildman–Crippen MR) is 235 cm³/mol. The van der Waals surface area contributed by atoms with Crippen LogP contribution < -0.4 is 0 Å². The van der Waals surface area contributed by atoms with E-state index in [1.165, 1.54) is 11.1 Å². The van der Waals surface area contributed by atoms with Crippen molar-refractivity contribution in [1.29, 1.82) is 0 Å². The SMILES string of the molecule is CC(C)(C)c1ccc(-n2c(-c3cccc(-c4cc(C(C)(C)C)cc5cccnc45)c3)nc3c(-c4cc5ccccc5cc4O)cccc32)c(-c2ccccc2)c1. The molecule has 0 aliphatic heterocycles. The summed E-state index contributed by atoms with van der Waals surface area (Å²) < 4.78 is 2.31. The molecule has 0 fully saturated rings. The van der Waals surface area contributed by atoms with E-state index in [1.807, 2.05) is 36.5 Å². The first kappa shape index (κ1) is 35.2. The second-order valence-corrected chi connectivity index (χ2v) is 16.9. The van der Waals surface area contributed by atoms with Crippen LogP contribution in [0.5, 0.6) is 5.75 Å². The van der Waals surface area contributed by atoms with Crippen LogP contribution in [0.2, 0.25) is 0 Å². The Morgan fingerprint density at radius 2 is 1.12 bits per heavy atom. The van der Waals surface area contributed by atoms with E-state index in [2.05, 4.69) is 167 Å². The van der Waals surface area contributed by atoms with Crippen molar-refractivity contribution in [1.82, 2.24) is 14.5 Å². The minimum Gasteiger partial charge on any atom is -0.507 e. The fraction of sp³-hybridized carbons (Fsp3) is 0.154. The first-order valence-electron chi connectivity index (χ1n) is 19.4. The summed E-state index contributed by atoms with van der Waals surface area (Å²) in [6.45, 7) is 13.6. The molecule has 7 aromatic carbocycles. The van der Waals surface area contributed by atoms with Crippen LogP contribution in [0.15, 0.2) is 158 Å². The summed E-state index contributed by atoms with van der Waals surface area (Å²) in [6, 6.07) is 53.3. The van der Waals surface area contributed by atoms with Gasteiger partial charge in [0, 0.05) is 39.4 Å². The molecule has 4 nitrogen and oxygen atoms in total. The summed E-state index contributed by atoms with van der Waals surface area (Å²) in [4.78, 5) is 10.4. The zero-order chi connectivity index (χ0) is 38.8. The summed E-state index contributed by atoms with van der Waals surface area (Å²) in [5, 5.41) is 14.7. The Balaban J connectivity index is 1.35. The quantitative estimate of drug-likeness (QED) is 0.192. The fourth-order valence-corrected chi connectivity index (χ4v) is 7.92.